The summed E-state index contributed by atoms with van der Waals surface area (Å²) in [6.45, 7) is 5.01. The van der Waals surface area contributed by atoms with Crippen LogP contribution < -0.4 is 0 Å². The largest absolute Gasteiger partial charge is 0.481 e. The van der Waals surface area contributed by atoms with Gasteiger partial charge in [-0.3, -0.25) is 4.79 Å². The fourth-order valence-electron chi connectivity index (χ4n) is 1.41. The molecule has 88 valence electrons. The van der Waals surface area contributed by atoms with Crippen molar-refractivity contribution in [1.82, 2.24) is 0 Å². The van der Waals surface area contributed by atoms with E-state index in [9.17, 15) is 13.6 Å². The summed E-state index contributed by atoms with van der Waals surface area (Å²) in [6, 6.07) is 2.53. The molecular formula is C12H14F2O2. The third-order valence-electron chi connectivity index (χ3n) is 2.58. The van der Waals surface area contributed by atoms with Gasteiger partial charge in [-0.05, 0) is 24.5 Å². The zero-order valence-corrected chi connectivity index (χ0v) is 9.42. The number of aliphatic carboxylic acids is 1. The van der Waals surface area contributed by atoms with Crippen LogP contribution in [0.2, 0.25) is 0 Å². The lowest BCUT2D eigenvalue weighted by Gasteiger charge is -2.13. The molecule has 0 amide bonds. The second-order valence-electron chi connectivity index (χ2n) is 4.12. The average molecular weight is 228 g/mol. The van der Waals surface area contributed by atoms with Crippen molar-refractivity contribution >= 4 is 5.97 Å². The number of hydrogen-bond donors (Lipinski definition) is 1. The number of halogens is 2. The van der Waals surface area contributed by atoms with Crippen LogP contribution in [0.15, 0.2) is 12.1 Å². The molecule has 0 saturated carbocycles. The van der Waals surface area contributed by atoms with Gasteiger partial charge in [0.25, 0.3) is 0 Å². The first-order valence-electron chi connectivity index (χ1n) is 5.06. The standard InChI is InChI=1S/C12H14F2O2/c1-6(2)8-4-9(7(3)12(15)16)11(14)10(13)5-8/h4-7H,1-3H3,(H,15,16). The van der Waals surface area contributed by atoms with Crippen LogP contribution in [0.5, 0.6) is 0 Å². The van der Waals surface area contributed by atoms with Crippen LogP contribution >= 0.6 is 0 Å². The molecule has 2 nitrogen and oxygen atoms in total. The predicted octanol–water partition coefficient (Wildman–Crippen LogP) is 3.28. The number of hydrogen-bond acceptors (Lipinski definition) is 1. The molecule has 0 heterocycles. The van der Waals surface area contributed by atoms with Crippen molar-refractivity contribution in [2.75, 3.05) is 0 Å². The van der Waals surface area contributed by atoms with Crippen molar-refractivity contribution in [2.24, 2.45) is 0 Å². The highest BCUT2D eigenvalue weighted by molar-refractivity contribution is 5.75. The Balaban J connectivity index is 3.32. The van der Waals surface area contributed by atoms with E-state index < -0.39 is 23.5 Å². The van der Waals surface area contributed by atoms with Crippen LogP contribution in [0.1, 0.15) is 43.7 Å². The lowest BCUT2D eigenvalue weighted by molar-refractivity contribution is -0.138. The van der Waals surface area contributed by atoms with E-state index in [0.717, 1.165) is 6.07 Å². The second kappa shape index (κ2) is 4.60. The molecule has 1 rings (SSSR count). The number of carboxylic acids is 1. The molecule has 0 spiro atoms. The smallest absolute Gasteiger partial charge is 0.310 e. The highest BCUT2D eigenvalue weighted by Gasteiger charge is 2.21. The summed E-state index contributed by atoms with van der Waals surface area (Å²) in [5.74, 6) is -4.25. The molecule has 16 heavy (non-hydrogen) atoms. The Morgan fingerprint density at radius 1 is 1.25 bits per heavy atom. The number of benzene rings is 1. The van der Waals surface area contributed by atoms with Gasteiger partial charge in [0.2, 0.25) is 0 Å². The van der Waals surface area contributed by atoms with Crippen LogP contribution in [0.3, 0.4) is 0 Å². The quantitative estimate of drug-likeness (QED) is 0.862. The third-order valence-corrected chi connectivity index (χ3v) is 2.58. The molecule has 0 aromatic heterocycles. The normalized spacial score (nSPS) is 12.9. The van der Waals surface area contributed by atoms with Gasteiger partial charge in [-0.15, -0.1) is 0 Å². The molecule has 0 fully saturated rings. The van der Waals surface area contributed by atoms with Crippen molar-refractivity contribution in [2.45, 2.75) is 32.6 Å². The highest BCUT2D eigenvalue weighted by Crippen LogP contribution is 2.26. The van der Waals surface area contributed by atoms with Crippen molar-refractivity contribution in [1.29, 1.82) is 0 Å². The van der Waals surface area contributed by atoms with Gasteiger partial charge in [0, 0.05) is 5.56 Å². The molecular weight excluding hydrogens is 214 g/mol. The summed E-state index contributed by atoms with van der Waals surface area (Å²) in [6.07, 6.45) is 0. The Bertz CT molecular complexity index is 414. The molecule has 1 atom stereocenters. The molecule has 0 aliphatic carbocycles. The van der Waals surface area contributed by atoms with Crippen molar-refractivity contribution in [3.63, 3.8) is 0 Å². The zero-order valence-electron chi connectivity index (χ0n) is 9.42. The minimum Gasteiger partial charge on any atom is -0.481 e. The predicted molar refractivity (Wildman–Crippen MR) is 56.5 cm³/mol. The van der Waals surface area contributed by atoms with E-state index in [-0.39, 0.29) is 11.5 Å². The maximum Gasteiger partial charge on any atom is 0.310 e. The van der Waals surface area contributed by atoms with Gasteiger partial charge in [-0.2, -0.15) is 0 Å². The lowest BCUT2D eigenvalue weighted by Crippen LogP contribution is -2.11. The van der Waals surface area contributed by atoms with Gasteiger partial charge in [0.1, 0.15) is 0 Å². The minimum absolute atomic E-state index is 0.0230. The van der Waals surface area contributed by atoms with Crippen molar-refractivity contribution < 1.29 is 18.7 Å². The minimum atomic E-state index is -1.17. The zero-order chi connectivity index (χ0) is 12.5. The first kappa shape index (κ1) is 12.6. The summed E-state index contributed by atoms with van der Waals surface area (Å²) < 4.78 is 26.7. The van der Waals surface area contributed by atoms with Crippen LogP contribution in [-0.2, 0) is 4.79 Å². The van der Waals surface area contributed by atoms with Crippen LogP contribution in [0.4, 0.5) is 8.78 Å². The van der Waals surface area contributed by atoms with Crippen molar-refractivity contribution in [3.8, 4) is 0 Å². The number of carbonyl (C=O) groups is 1. The summed E-state index contributed by atoms with van der Waals surface area (Å²) in [5, 5.41) is 8.79. The van der Waals surface area contributed by atoms with Gasteiger partial charge in [-0.1, -0.05) is 19.9 Å². The first-order valence-corrected chi connectivity index (χ1v) is 5.06. The van der Waals surface area contributed by atoms with Gasteiger partial charge in [-0.25, -0.2) is 8.78 Å². The molecule has 1 unspecified atom stereocenters. The highest BCUT2D eigenvalue weighted by atomic mass is 19.2. The van der Waals surface area contributed by atoms with Crippen LogP contribution in [0.25, 0.3) is 0 Å². The molecule has 1 aromatic carbocycles. The maximum absolute atomic E-state index is 13.4. The van der Waals surface area contributed by atoms with E-state index in [0.29, 0.717) is 5.56 Å². The topological polar surface area (TPSA) is 37.3 Å². The van der Waals surface area contributed by atoms with E-state index in [2.05, 4.69) is 0 Å². The fourth-order valence-corrected chi connectivity index (χ4v) is 1.41. The van der Waals surface area contributed by atoms with Gasteiger partial charge >= 0.3 is 5.97 Å². The Hall–Kier alpha value is -1.45. The van der Waals surface area contributed by atoms with Crippen molar-refractivity contribution in [3.05, 3.63) is 34.9 Å². The first-order chi connectivity index (χ1) is 7.34. The Labute approximate surface area is 92.9 Å². The molecule has 0 bridgehead atoms. The lowest BCUT2D eigenvalue weighted by atomic mass is 9.94. The van der Waals surface area contributed by atoms with E-state index >= 15 is 0 Å². The number of rotatable bonds is 3. The second-order valence-corrected chi connectivity index (χ2v) is 4.12. The summed E-state index contributed by atoms with van der Waals surface area (Å²) in [7, 11) is 0. The Morgan fingerprint density at radius 3 is 2.25 bits per heavy atom. The van der Waals surface area contributed by atoms with E-state index in [1.807, 2.05) is 13.8 Å². The molecule has 0 saturated heterocycles. The summed E-state index contributed by atoms with van der Waals surface area (Å²) in [4.78, 5) is 10.8. The van der Waals surface area contributed by atoms with E-state index in [4.69, 9.17) is 5.11 Å². The van der Waals surface area contributed by atoms with Gasteiger partial charge in [0.05, 0.1) is 5.92 Å². The van der Waals surface area contributed by atoms with Crippen LogP contribution in [0, 0.1) is 11.6 Å². The molecule has 1 aromatic rings. The Kier molecular flexibility index (Phi) is 3.62. The SMILES string of the molecule is CC(C)c1cc(F)c(F)c(C(C)C(=O)O)c1. The molecule has 0 aliphatic rings. The third kappa shape index (κ3) is 2.38. The molecule has 0 radical (unpaired) electrons. The molecule has 4 heteroatoms. The summed E-state index contributed by atoms with van der Waals surface area (Å²) >= 11 is 0. The number of carboxylic acid groups (broad SMARTS) is 1. The van der Waals surface area contributed by atoms with Gasteiger partial charge in [0.15, 0.2) is 11.6 Å². The fraction of sp³-hybridized carbons (Fsp3) is 0.417. The summed E-state index contributed by atoms with van der Waals surface area (Å²) in [5.41, 5.74) is 0.498. The average Bonchev–Trinajstić information content (AvgIpc) is 2.20. The van der Waals surface area contributed by atoms with E-state index in [1.54, 1.807) is 0 Å². The molecule has 1 N–H and O–H groups in total. The molecule has 0 aliphatic heterocycles. The van der Waals surface area contributed by atoms with Crippen LogP contribution in [-0.4, -0.2) is 11.1 Å². The maximum atomic E-state index is 13.4. The monoisotopic (exact) mass is 228 g/mol. The van der Waals surface area contributed by atoms with E-state index in [1.165, 1.54) is 13.0 Å². The Morgan fingerprint density at radius 2 is 1.81 bits per heavy atom. The van der Waals surface area contributed by atoms with Gasteiger partial charge < -0.3 is 5.11 Å².